The molecule has 0 aliphatic heterocycles. The summed E-state index contributed by atoms with van der Waals surface area (Å²) in [5.41, 5.74) is 2.46. The molecule has 6 heteroatoms. The largest absolute Gasteiger partial charge is 0.465 e. The van der Waals surface area contributed by atoms with E-state index in [1.54, 1.807) is 23.0 Å². The summed E-state index contributed by atoms with van der Waals surface area (Å²) in [6, 6.07) is 7.35. The summed E-state index contributed by atoms with van der Waals surface area (Å²) in [4.78, 5) is 20.6. The van der Waals surface area contributed by atoms with Crippen LogP contribution in [0, 0.1) is 0 Å². The van der Waals surface area contributed by atoms with Gasteiger partial charge in [-0.05, 0) is 24.3 Å². The number of carbonyl (C=O) groups is 1. The zero-order valence-corrected chi connectivity index (χ0v) is 13.6. The molecule has 0 aromatic carbocycles. The SMILES string of the molecule is COC(=O)c1ccc(-c2ccncc2)n2nc(C(C)(C)C)nc12. The lowest BCUT2D eigenvalue weighted by atomic mass is 9.96. The zero-order valence-electron chi connectivity index (χ0n) is 13.6. The van der Waals surface area contributed by atoms with Crippen LogP contribution in [-0.2, 0) is 10.2 Å². The van der Waals surface area contributed by atoms with Crippen LogP contribution in [0.4, 0.5) is 0 Å². The van der Waals surface area contributed by atoms with Gasteiger partial charge in [-0.2, -0.15) is 5.10 Å². The second-order valence-electron chi connectivity index (χ2n) is 6.28. The van der Waals surface area contributed by atoms with Crippen LogP contribution in [0.15, 0.2) is 36.7 Å². The van der Waals surface area contributed by atoms with E-state index < -0.39 is 5.97 Å². The van der Waals surface area contributed by atoms with Gasteiger partial charge in [-0.25, -0.2) is 14.3 Å². The fraction of sp³-hybridized carbons (Fsp3) is 0.294. The Labute approximate surface area is 134 Å². The summed E-state index contributed by atoms with van der Waals surface area (Å²) in [7, 11) is 1.36. The molecule has 0 unspecified atom stereocenters. The van der Waals surface area contributed by atoms with Crippen LogP contribution in [0.5, 0.6) is 0 Å². The lowest BCUT2D eigenvalue weighted by molar-refractivity contribution is 0.0602. The van der Waals surface area contributed by atoms with Gasteiger partial charge in [0.15, 0.2) is 11.5 Å². The first-order valence-corrected chi connectivity index (χ1v) is 7.31. The monoisotopic (exact) mass is 310 g/mol. The van der Waals surface area contributed by atoms with Crippen molar-refractivity contribution in [3.8, 4) is 11.3 Å². The number of pyridine rings is 2. The molecule has 23 heavy (non-hydrogen) atoms. The number of esters is 1. The first-order valence-electron chi connectivity index (χ1n) is 7.31. The average molecular weight is 310 g/mol. The van der Waals surface area contributed by atoms with Gasteiger partial charge in [-0.1, -0.05) is 20.8 Å². The minimum Gasteiger partial charge on any atom is -0.465 e. The summed E-state index contributed by atoms with van der Waals surface area (Å²) in [5, 5.41) is 4.62. The Morgan fingerprint density at radius 2 is 1.83 bits per heavy atom. The molecule has 0 radical (unpaired) electrons. The van der Waals surface area contributed by atoms with Gasteiger partial charge in [0, 0.05) is 23.4 Å². The van der Waals surface area contributed by atoms with Gasteiger partial charge in [-0.15, -0.1) is 0 Å². The van der Waals surface area contributed by atoms with Crippen molar-refractivity contribution < 1.29 is 9.53 Å². The van der Waals surface area contributed by atoms with E-state index in [1.807, 2.05) is 39.0 Å². The Balaban J connectivity index is 2.32. The van der Waals surface area contributed by atoms with E-state index in [4.69, 9.17) is 4.74 Å². The van der Waals surface area contributed by atoms with E-state index in [0.717, 1.165) is 11.3 Å². The van der Waals surface area contributed by atoms with Crippen molar-refractivity contribution in [1.29, 1.82) is 0 Å². The highest BCUT2D eigenvalue weighted by atomic mass is 16.5. The third-order valence-corrected chi connectivity index (χ3v) is 3.54. The lowest BCUT2D eigenvalue weighted by Gasteiger charge is -2.11. The van der Waals surface area contributed by atoms with Crippen LogP contribution in [-0.4, -0.2) is 32.7 Å². The Morgan fingerprint density at radius 1 is 1.13 bits per heavy atom. The fourth-order valence-electron chi connectivity index (χ4n) is 2.29. The maximum absolute atomic E-state index is 12.0. The Morgan fingerprint density at radius 3 is 2.43 bits per heavy atom. The number of fused-ring (bicyclic) bond motifs is 1. The topological polar surface area (TPSA) is 69.4 Å². The number of ether oxygens (including phenoxy) is 1. The van der Waals surface area contributed by atoms with Crippen molar-refractivity contribution in [3.05, 3.63) is 48.0 Å². The Kier molecular flexibility index (Phi) is 3.60. The van der Waals surface area contributed by atoms with E-state index in [1.165, 1.54) is 7.11 Å². The molecule has 0 aliphatic rings. The van der Waals surface area contributed by atoms with Crippen LogP contribution in [0.2, 0.25) is 0 Å². The van der Waals surface area contributed by atoms with Gasteiger partial charge in [0.2, 0.25) is 0 Å². The standard InChI is InChI=1S/C17H18N4O2/c1-17(2,3)16-19-14-12(15(22)23-4)5-6-13(21(14)20-16)11-7-9-18-10-8-11/h5-10H,1-4H3. The van der Waals surface area contributed by atoms with Crippen molar-refractivity contribution in [2.24, 2.45) is 0 Å². The number of aromatic nitrogens is 4. The molecule has 0 atom stereocenters. The number of hydrogen-bond donors (Lipinski definition) is 0. The van der Waals surface area contributed by atoms with E-state index in [0.29, 0.717) is 17.0 Å². The highest BCUT2D eigenvalue weighted by molar-refractivity contribution is 5.96. The molecular weight excluding hydrogens is 292 g/mol. The Bertz CT molecular complexity index is 863. The van der Waals surface area contributed by atoms with Crippen LogP contribution >= 0.6 is 0 Å². The molecule has 0 aliphatic carbocycles. The molecule has 0 fully saturated rings. The quantitative estimate of drug-likeness (QED) is 0.681. The summed E-state index contributed by atoms with van der Waals surface area (Å²) >= 11 is 0. The first kappa shape index (κ1) is 15.1. The van der Waals surface area contributed by atoms with Crippen molar-refractivity contribution in [2.45, 2.75) is 26.2 Å². The van der Waals surface area contributed by atoms with E-state index in [2.05, 4.69) is 15.1 Å². The maximum Gasteiger partial charge on any atom is 0.341 e. The van der Waals surface area contributed by atoms with Crippen LogP contribution in [0.1, 0.15) is 37.0 Å². The second-order valence-corrected chi connectivity index (χ2v) is 6.28. The molecule has 0 amide bonds. The highest BCUT2D eigenvalue weighted by Gasteiger charge is 2.24. The van der Waals surface area contributed by atoms with Crippen molar-refractivity contribution in [1.82, 2.24) is 19.6 Å². The van der Waals surface area contributed by atoms with Crippen molar-refractivity contribution >= 4 is 11.6 Å². The average Bonchev–Trinajstić information content (AvgIpc) is 2.99. The summed E-state index contributed by atoms with van der Waals surface area (Å²) in [6.07, 6.45) is 3.44. The molecule has 3 aromatic heterocycles. The van der Waals surface area contributed by atoms with Gasteiger partial charge in [0.05, 0.1) is 12.8 Å². The predicted molar refractivity (Wildman–Crippen MR) is 86.3 cm³/mol. The van der Waals surface area contributed by atoms with Crippen LogP contribution < -0.4 is 0 Å². The maximum atomic E-state index is 12.0. The molecular formula is C17H18N4O2. The molecule has 0 bridgehead atoms. The summed E-state index contributed by atoms with van der Waals surface area (Å²) in [6.45, 7) is 6.10. The van der Waals surface area contributed by atoms with Crippen molar-refractivity contribution in [3.63, 3.8) is 0 Å². The zero-order chi connectivity index (χ0) is 16.6. The molecule has 0 N–H and O–H groups in total. The summed E-state index contributed by atoms with van der Waals surface area (Å²) < 4.78 is 6.55. The normalized spacial score (nSPS) is 11.7. The van der Waals surface area contributed by atoms with E-state index in [9.17, 15) is 4.79 Å². The predicted octanol–water partition coefficient (Wildman–Crippen LogP) is 2.88. The molecule has 118 valence electrons. The Hall–Kier alpha value is -2.76. The summed E-state index contributed by atoms with van der Waals surface area (Å²) in [5.74, 6) is 0.244. The first-order chi connectivity index (χ1) is 10.9. The van der Waals surface area contributed by atoms with Gasteiger partial charge < -0.3 is 4.74 Å². The number of nitrogens with zero attached hydrogens (tertiary/aromatic N) is 4. The molecule has 0 saturated carbocycles. The van der Waals surface area contributed by atoms with Gasteiger partial charge in [0.25, 0.3) is 0 Å². The smallest absolute Gasteiger partial charge is 0.341 e. The fourth-order valence-corrected chi connectivity index (χ4v) is 2.29. The number of hydrogen-bond acceptors (Lipinski definition) is 5. The number of methoxy groups -OCH3 is 1. The minimum absolute atomic E-state index is 0.227. The molecule has 3 aromatic rings. The van der Waals surface area contributed by atoms with Crippen LogP contribution in [0.25, 0.3) is 16.9 Å². The molecule has 0 spiro atoms. The van der Waals surface area contributed by atoms with Gasteiger partial charge in [-0.3, -0.25) is 4.98 Å². The van der Waals surface area contributed by atoms with E-state index in [-0.39, 0.29) is 5.41 Å². The van der Waals surface area contributed by atoms with Gasteiger partial charge in [0.1, 0.15) is 5.56 Å². The molecule has 3 rings (SSSR count). The third kappa shape index (κ3) is 2.67. The number of rotatable bonds is 2. The highest BCUT2D eigenvalue weighted by Crippen LogP contribution is 2.25. The molecule has 0 saturated heterocycles. The second kappa shape index (κ2) is 5.46. The number of carbonyl (C=O) groups excluding carboxylic acids is 1. The van der Waals surface area contributed by atoms with E-state index >= 15 is 0 Å². The van der Waals surface area contributed by atoms with Gasteiger partial charge >= 0.3 is 5.97 Å². The third-order valence-electron chi connectivity index (χ3n) is 3.54. The molecule has 6 nitrogen and oxygen atoms in total. The minimum atomic E-state index is -0.427. The lowest BCUT2D eigenvalue weighted by Crippen LogP contribution is -2.13. The molecule has 3 heterocycles. The van der Waals surface area contributed by atoms with Crippen LogP contribution in [0.3, 0.4) is 0 Å². The van der Waals surface area contributed by atoms with Crippen molar-refractivity contribution in [2.75, 3.05) is 7.11 Å².